The molecule has 0 saturated carbocycles. The van der Waals surface area contributed by atoms with Crippen LogP contribution in [0.15, 0.2) is 0 Å². The second-order valence-electron chi connectivity index (χ2n) is 5.87. The maximum atomic E-state index is 11.6. The van der Waals surface area contributed by atoms with E-state index in [-0.39, 0.29) is 12.8 Å². The maximum Gasteiger partial charge on any atom is 0.303 e. The Kier molecular flexibility index (Phi) is 12.8. The molecule has 6 nitrogen and oxygen atoms in total. The third-order valence-corrected chi connectivity index (χ3v) is 3.91. The highest BCUT2D eigenvalue weighted by molar-refractivity contribution is 5.77. The van der Waals surface area contributed by atoms with Gasteiger partial charge in [-0.25, -0.2) is 0 Å². The highest BCUT2D eigenvalue weighted by atomic mass is 16.8. The molecule has 3 N–H and O–H groups in total. The summed E-state index contributed by atoms with van der Waals surface area (Å²) in [5, 5.41) is 25.8. The Balaban J connectivity index is 3.79. The number of rotatable bonds is 14. The highest BCUT2D eigenvalue weighted by Crippen LogP contribution is 2.19. The number of carbonyl (C=O) groups excluding carboxylic acids is 1. The molecule has 0 fully saturated rings. The number of unbranched alkanes of at least 4 members (excludes halogenated alkanes) is 8. The van der Waals surface area contributed by atoms with Gasteiger partial charge in [-0.3, -0.25) is 20.0 Å². The van der Waals surface area contributed by atoms with Gasteiger partial charge in [-0.2, -0.15) is 0 Å². The topological polar surface area (TPSA) is 98.1 Å². The molecule has 0 aromatic rings. The van der Waals surface area contributed by atoms with Gasteiger partial charge in [0.25, 0.3) is 5.91 Å². The molecular weight excluding hydrogens is 286 g/mol. The minimum atomic E-state index is -0.979. The minimum absolute atomic E-state index is 0.137. The van der Waals surface area contributed by atoms with Crippen LogP contribution in [0.1, 0.15) is 84.0 Å². The van der Waals surface area contributed by atoms with Gasteiger partial charge in [0.2, 0.25) is 0 Å². The van der Waals surface area contributed by atoms with E-state index < -0.39 is 23.0 Å². The highest BCUT2D eigenvalue weighted by Gasteiger charge is 2.23. The number of amides is 1. The van der Waals surface area contributed by atoms with E-state index in [1.165, 1.54) is 38.5 Å². The first-order valence-electron chi connectivity index (χ1n) is 8.42. The summed E-state index contributed by atoms with van der Waals surface area (Å²) in [6.45, 7) is 2.20. The normalized spacial score (nSPS) is 12.1. The number of aliphatic carboxylic acids is 1. The first-order valence-corrected chi connectivity index (χ1v) is 8.42. The fourth-order valence-corrected chi connectivity index (χ4v) is 2.55. The van der Waals surface area contributed by atoms with Crippen LogP contribution in [0.25, 0.3) is 0 Å². The van der Waals surface area contributed by atoms with Crippen LogP contribution in [0.2, 0.25) is 0 Å². The fraction of sp³-hybridized carbons (Fsp3) is 0.875. The van der Waals surface area contributed by atoms with Gasteiger partial charge in [0.05, 0.1) is 0 Å². The summed E-state index contributed by atoms with van der Waals surface area (Å²) >= 11 is 0. The average molecular weight is 317 g/mol. The Morgan fingerprint density at radius 1 is 0.864 bits per heavy atom. The molecule has 6 heteroatoms. The molecule has 1 amide bonds. The van der Waals surface area contributed by atoms with Crippen LogP contribution in [0, 0.1) is 5.92 Å². The van der Waals surface area contributed by atoms with Crippen molar-refractivity contribution < 1.29 is 25.1 Å². The predicted octanol–water partition coefficient (Wildman–Crippen LogP) is 4.00. The summed E-state index contributed by atoms with van der Waals surface area (Å²) in [6, 6.07) is 0. The van der Waals surface area contributed by atoms with Gasteiger partial charge in [-0.05, 0) is 12.8 Å². The van der Waals surface area contributed by atoms with E-state index in [9.17, 15) is 9.59 Å². The van der Waals surface area contributed by atoms with E-state index in [0.717, 1.165) is 19.3 Å². The molecule has 0 aromatic heterocycles. The van der Waals surface area contributed by atoms with Crippen molar-refractivity contribution in [3.8, 4) is 0 Å². The second kappa shape index (κ2) is 13.5. The molecular formula is C16H31NO5. The molecule has 0 radical (unpaired) electrons. The van der Waals surface area contributed by atoms with E-state index in [4.69, 9.17) is 15.5 Å². The van der Waals surface area contributed by atoms with Crippen LogP contribution in [0.3, 0.4) is 0 Å². The number of carbonyl (C=O) groups is 2. The zero-order valence-electron chi connectivity index (χ0n) is 13.7. The zero-order chi connectivity index (χ0) is 16.8. The second-order valence-corrected chi connectivity index (χ2v) is 5.87. The summed E-state index contributed by atoms with van der Waals surface area (Å²) in [5.74, 6) is -2.43. The maximum absolute atomic E-state index is 11.6. The quantitative estimate of drug-likeness (QED) is 0.255. The van der Waals surface area contributed by atoms with Crippen molar-refractivity contribution in [1.29, 1.82) is 0 Å². The van der Waals surface area contributed by atoms with Crippen molar-refractivity contribution in [2.24, 2.45) is 5.92 Å². The third kappa shape index (κ3) is 11.5. The number of hydrogen-bond acceptors (Lipinski definition) is 4. The lowest BCUT2D eigenvalue weighted by atomic mass is 9.95. The summed E-state index contributed by atoms with van der Waals surface area (Å²) in [6.07, 6.45) is 10.9. The SMILES string of the molecule is CCCCCCCCCCCC(CCC(=O)O)C(=O)N(O)O. The van der Waals surface area contributed by atoms with Crippen molar-refractivity contribution >= 4 is 11.9 Å². The Hall–Kier alpha value is -1.14. The molecule has 0 aromatic carbocycles. The van der Waals surface area contributed by atoms with Gasteiger partial charge in [-0.1, -0.05) is 69.9 Å². The molecule has 0 bridgehead atoms. The first kappa shape index (κ1) is 20.9. The molecule has 1 atom stereocenters. The standard InChI is InChI=1S/C16H31NO5/c1-2-3-4-5-6-7-8-9-10-11-14(12-13-15(18)19)16(20)17(21)22/h14,21-22H,2-13H2,1H3,(H,18,19). The smallest absolute Gasteiger partial charge is 0.303 e. The van der Waals surface area contributed by atoms with Crippen molar-refractivity contribution in [2.75, 3.05) is 0 Å². The predicted molar refractivity (Wildman–Crippen MR) is 82.6 cm³/mol. The van der Waals surface area contributed by atoms with Crippen molar-refractivity contribution in [1.82, 2.24) is 5.23 Å². The van der Waals surface area contributed by atoms with Gasteiger partial charge in [-0.15, -0.1) is 0 Å². The molecule has 0 aliphatic heterocycles. The van der Waals surface area contributed by atoms with Crippen LogP contribution in [-0.2, 0) is 9.59 Å². The molecule has 130 valence electrons. The van der Waals surface area contributed by atoms with Crippen LogP contribution < -0.4 is 0 Å². The summed E-state index contributed by atoms with van der Waals surface area (Å²) < 4.78 is 0. The monoisotopic (exact) mass is 317 g/mol. The van der Waals surface area contributed by atoms with E-state index in [1.807, 2.05) is 0 Å². The third-order valence-electron chi connectivity index (χ3n) is 3.91. The average Bonchev–Trinajstić information content (AvgIpc) is 2.47. The molecule has 0 aliphatic rings. The lowest BCUT2D eigenvalue weighted by Crippen LogP contribution is -2.31. The first-order chi connectivity index (χ1) is 10.5. The molecule has 0 rings (SSSR count). The number of hydroxylamine groups is 2. The van der Waals surface area contributed by atoms with Gasteiger partial charge < -0.3 is 5.11 Å². The van der Waals surface area contributed by atoms with Gasteiger partial charge in [0.15, 0.2) is 0 Å². The summed E-state index contributed by atoms with van der Waals surface area (Å²) in [4.78, 5) is 22.1. The van der Waals surface area contributed by atoms with E-state index in [2.05, 4.69) is 6.92 Å². The van der Waals surface area contributed by atoms with Crippen molar-refractivity contribution in [2.45, 2.75) is 84.0 Å². The van der Waals surface area contributed by atoms with Crippen molar-refractivity contribution in [3.05, 3.63) is 0 Å². The van der Waals surface area contributed by atoms with E-state index >= 15 is 0 Å². The molecule has 22 heavy (non-hydrogen) atoms. The Bertz CT molecular complexity index is 307. The molecule has 0 spiro atoms. The van der Waals surface area contributed by atoms with Gasteiger partial charge in [0.1, 0.15) is 0 Å². The van der Waals surface area contributed by atoms with Gasteiger partial charge in [0, 0.05) is 12.3 Å². The van der Waals surface area contributed by atoms with E-state index in [0.29, 0.717) is 6.42 Å². The number of nitrogens with zero attached hydrogens (tertiary/aromatic N) is 1. The van der Waals surface area contributed by atoms with Crippen LogP contribution in [-0.4, -0.2) is 32.6 Å². The Morgan fingerprint density at radius 2 is 1.36 bits per heavy atom. The van der Waals surface area contributed by atoms with E-state index in [1.54, 1.807) is 0 Å². The number of hydrogen-bond donors (Lipinski definition) is 3. The molecule has 0 saturated heterocycles. The molecule has 0 aliphatic carbocycles. The van der Waals surface area contributed by atoms with Crippen LogP contribution in [0.4, 0.5) is 0 Å². The lowest BCUT2D eigenvalue weighted by Gasteiger charge is -2.16. The summed E-state index contributed by atoms with van der Waals surface area (Å²) in [7, 11) is 0. The van der Waals surface area contributed by atoms with Crippen molar-refractivity contribution in [3.63, 3.8) is 0 Å². The summed E-state index contributed by atoms with van der Waals surface area (Å²) in [5.41, 5.74) is 0. The Morgan fingerprint density at radius 3 is 1.82 bits per heavy atom. The lowest BCUT2D eigenvalue weighted by molar-refractivity contribution is -0.288. The fourth-order valence-electron chi connectivity index (χ4n) is 2.55. The Labute approximate surface area is 133 Å². The van der Waals surface area contributed by atoms with Crippen LogP contribution >= 0.6 is 0 Å². The molecule has 0 heterocycles. The minimum Gasteiger partial charge on any atom is -0.481 e. The van der Waals surface area contributed by atoms with Gasteiger partial charge >= 0.3 is 5.97 Å². The zero-order valence-corrected chi connectivity index (χ0v) is 13.7. The molecule has 1 unspecified atom stereocenters. The van der Waals surface area contributed by atoms with Crippen LogP contribution in [0.5, 0.6) is 0 Å². The number of carboxylic acids is 1. The largest absolute Gasteiger partial charge is 0.481 e. The number of carboxylic acid groups (broad SMARTS) is 1.